The molecule has 0 radical (unpaired) electrons. The summed E-state index contributed by atoms with van der Waals surface area (Å²) in [6.45, 7) is 5.25. The van der Waals surface area contributed by atoms with Crippen LogP contribution in [0.5, 0.6) is 5.75 Å². The number of likely N-dealkylation sites (tertiary alicyclic amines) is 1. The number of hydrogen-bond acceptors (Lipinski definition) is 6. The van der Waals surface area contributed by atoms with Gasteiger partial charge in [0.2, 0.25) is 0 Å². The number of carbonyl (C=O) groups is 1. The molecule has 7 heteroatoms. The molecule has 2 aliphatic rings. The summed E-state index contributed by atoms with van der Waals surface area (Å²) in [5.74, 6) is 1.72. The molecule has 2 aromatic rings. The predicted octanol–water partition coefficient (Wildman–Crippen LogP) is 2.83. The number of amides is 1. The predicted molar refractivity (Wildman–Crippen MR) is 114 cm³/mol. The van der Waals surface area contributed by atoms with Crippen molar-refractivity contribution in [3.8, 4) is 5.75 Å². The topological polar surface area (TPSA) is 61.8 Å². The maximum atomic E-state index is 12.7. The maximum absolute atomic E-state index is 12.7. The molecule has 154 valence electrons. The molecule has 0 spiro atoms. The van der Waals surface area contributed by atoms with Crippen LogP contribution in [0.25, 0.3) is 0 Å². The first-order chi connectivity index (χ1) is 14.2. The highest BCUT2D eigenvalue weighted by atomic mass is 16.5. The number of hydrogen-bond donors (Lipinski definition) is 0. The van der Waals surface area contributed by atoms with Crippen LogP contribution < -0.4 is 14.5 Å². The first kappa shape index (κ1) is 19.5. The summed E-state index contributed by atoms with van der Waals surface area (Å²) >= 11 is 0. The standard InChI is InChI=1S/C22H29N5O2/c1-29-19-8-6-18(7-9-19)25-12-14-26(15-13-25)21-17-23-20(16-24-21)22(28)27-10-4-2-3-5-11-27/h6-9,16-17H,2-5,10-15H2,1H3. The Hall–Kier alpha value is -2.83. The zero-order valence-corrected chi connectivity index (χ0v) is 17.1. The van der Waals surface area contributed by atoms with E-state index >= 15 is 0 Å². The van der Waals surface area contributed by atoms with Gasteiger partial charge in [0.1, 0.15) is 17.3 Å². The molecule has 29 heavy (non-hydrogen) atoms. The lowest BCUT2D eigenvalue weighted by molar-refractivity contribution is 0.0755. The molecule has 1 aromatic carbocycles. The van der Waals surface area contributed by atoms with E-state index in [9.17, 15) is 4.79 Å². The average molecular weight is 396 g/mol. The first-order valence-corrected chi connectivity index (χ1v) is 10.5. The molecular formula is C22H29N5O2. The van der Waals surface area contributed by atoms with Gasteiger partial charge < -0.3 is 19.4 Å². The third-order valence-electron chi connectivity index (χ3n) is 5.79. The van der Waals surface area contributed by atoms with E-state index in [-0.39, 0.29) is 5.91 Å². The highest BCUT2D eigenvalue weighted by Crippen LogP contribution is 2.22. The molecule has 1 amide bonds. The van der Waals surface area contributed by atoms with Crippen LogP contribution in [0.4, 0.5) is 11.5 Å². The lowest BCUT2D eigenvalue weighted by atomic mass is 10.2. The Morgan fingerprint density at radius 3 is 2.07 bits per heavy atom. The molecule has 0 unspecified atom stereocenters. The Kier molecular flexibility index (Phi) is 6.12. The number of nitrogens with zero attached hydrogens (tertiary/aromatic N) is 5. The van der Waals surface area contributed by atoms with Crippen LogP contribution in [0.3, 0.4) is 0 Å². The van der Waals surface area contributed by atoms with Gasteiger partial charge in [0.05, 0.1) is 19.5 Å². The van der Waals surface area contributed by atoms with Crippen LogP contribution in [0.1, 0.15) is 36.2 Å². The molecule has 7 nitrogen and oxygen atoms in total. The summed E-state index contributed by atoms with van der Waals surface area (Å²) in [4.78, 5) is 28.2. The van der Waals surface area contributed by atoms with Gasteiger partial charge in [-0.15, -0.1) is 0 Å². The molecule has 2 saturated heterocycles. The molecule has 0 aliphatic carbocycles. The van der Waals surface area contributed by atoms with Gasteiger partial charge in [-0.3, -0.25) is 4.79 Å². The number of rotatable bonds is 4. The van der Waals surface area contributed by atoms with Crippen LogP contribution in [-0.2, 0) is 0 Å². The van der Waals surface area contributed by atoms with Crippen molar-refractivity contribution in [2.24, 2.45) is 0 Å². The SMILES string of the molecule is COc1ccc(N2CCN(c3cnc(C(=O)N4CCCCCC4)cn3)CC2)cc1. The number of ether oxygens (including phenoxy) is 1. The van der Waals surface area contributed by atoms with Gasteiger partial charge in [-0.25, -0.2) is 9.97 Å². The van der Waals surface area contributed by atoms with E-state index < -0.39 is 0 Å². The first-order valence-electron chi connectivity index (χ1n) is 10.5. The van der Waals surface area contributed by atoms with Crippen molar-refractivity contribution in [3.05, 3.63) is 42.4 Å². The van der Waals surface area contributed by atoms with Gasteiger partial charge in [0, 0.05) is 45.0 Å². The lowest BCUT2D eigenvalue weighted by Crippen LogP contribution is -2.46. The molecule has 2 aliphatic heterocycles. The van der Waals surface area contributed by atoms with Gasteiger partial charge in [-0.2, -0.15) is 0 Å². The van der Waals surface area contributed by atoms with E-state index in [2.05, 4.69) is 31.9 Å². The molecule has 0 atom stereocenters. The number of carbonyl (C=O) groups excluding carboxylic acids is 1. The van der Waals surface area contributed by atoms with Gasteiger partial charge in [0.15, 0.2) is 0 Å². The summed E-state index contributed by atoms with van der Waals surface area (Å²) < 4.78 is 5.23. The lowest BCUT2D eigenvalue weighted by Gasteiger charge is -2.36. The van der Waals surface area contributed by atoms with E-state index in [1.54, 1.807) is 19.5 Å². The van der Waals surface area contributed by atoms with E-state index in [4.69, 9.17) is 4.74 Å². The van der Waals surface area contributed by atoms with E-state index in [0.717, 1.165) is 63.7 Å². The van der Waals surface area contributed by atoms with Crippen LogP contribution in [0, 0.1) is 0 Å². The highest BCUT2D eigenvalue weighted by Gasteiger charge is 2.21. The van der Waals surface area contributed by atoms with Gasteiger partial charge >= 0.3 is 0 Å². The maximum Gasteiger partial charge on any atom is 0.274 e. The monoisotopic (exact) mass is 395 g/mol. The molecule has 1 aromatic heterocycles. The molecule has 0 saturated carbocycles. The zero-order chi connectivity index (χ0) is 20.1. The van der Waals surface area contributed by atoms with Crippen molar-refractivity contribution in [2.45, 2.75) is 25.7 Å². The highest BCUT2D eigenvalue weighted by molar-refractivity contribution is 5.92. The van der Waals surface area contributed by atoms with Crippen molar-refractivity contribution in [2.75, 3.05) is 56.2 Å². The van der Waals surface area contributed by atoms with Crippen LogP contribution in [-0.4, -0.2) is 67.2 Å². The van der Waals surface area contributed by atoms with Crippen molar-refractivity contribution >= 4 is 17.4 Å². The molecule has 2 fully saturated rings. The third-order valence-corrected chi connectivity index (χ3v) is 5.79. The quantitative estimate of drug-likeness (QED) is 0.793. The number of anilines is 2. The summed E-state index contributed by atoms with van der Waals surface area (Å²) in [7, 11) is 1.68. The summed E-state index contributed by atoms with van der Waals surface area (Å²) in [6, 6.07) is 8.18. The summed E-state index contributed by atoms with van der Waals surface area (Å²) in [5.41, 5.74) is 1.66. The Labute approximate surface area is 172 Å². The van der Waals surface area contributed by atoms with Gasteiger partial charge in [-0.1, -0.05) is 12.8 Å². The number of methoxy groups -OCH3 is 1. The van der Waals surface area contributed by atoms with Crippen molar-refractivity contribution < 1.29 is 9.53 Å². The van der Waals surface area contributed by atoms with Crippen LogP contribution >= 0.6 is 0 Å². The van der Waals surface area contributed by atoms with E-state index in [0.29, 0.717) is 5.69 Å². The van der Waals surface area contributed by atoms with Gasteiger partial charge in [-0.05, 0) is 37.1 Å². The van der Waals surface area contributed by atoms with Crippen molar-refractivity contribution in [3.63, 3.8) is 0 Å². The fourth-order valence-corrected chi connectivity index (χ4v) is 4.02. The molecular weight excluding hydrogens is 366 g/mol. The molecule has 0 bridgehead atoms. The van der Waals surface area contributed by atoms with Crippen LogP contribution in [0.15, 0.2) is 36.7 Å². The Morgan fingerprint density at radius 1 is 0.828 bits per heavy atom. The second kappa shape index (κ2) is 9.11. The van der Waals surface area contributed by atoms with E-state index in [1.165, 1.54) is 18.5 Å². The summed E-state index contributed by atoms with van der Waals surface area (Å²) in [5, 5.41) is 0. The van der Waals surface area contributed by atoms with Gasteiger partial charge in [0.25, 0.3) is 5.91 Å². The summed E-state index contributed by atoms with van der Waals surface area (Å²) in [6.07, 6.45) is 7.95. The minimum absolute atomic E-state index is 0.00951. The minimum atomic E-state index is 0.00951. The largest absolute Gasteiger partial charge is 0.497 e. The molecule has 4 rings (SSSR count). The number of piperazine rings is 1. The number of benzene rings is 1. The Bertz CT molecular complexity index is 793. The van der Waals surface area contributed by atoms with E-state index in [1.807, 2.05) is 17.0 Å². The van der Waals surface area contributed by atoms with Crippen molar-refractivity contribution in [1.82, 2.24) is 14.9 Å². The average Bonchev–Trinajstić information content (AvgIpc) is 3.09. The van der Waals surface area contributed by atoms with Crippen molar-refractivity contribution in [1.29, 1.82) is 0 Å². The third kappa shape index (κ3) is 4.60. The molecule has 0 N–H and O–H groups in total. The zero-order valence-electron chi connectivity index (χ0n) is 17.1. The second-order valence-corrected chi connectivity index (χ2v) is 7.64. The van der Waals surface area contributed by atoms with Crippen LogP contribution in [0.2, 0.25) is 0 Å². The Balaban J connectivity index is 1.34. The fourth-order valence-electron chi connectivity index (χ4n) is 4.02. The second-order valence-electron chi connectivity index (χ2n) is 7.64. The smallest absolute Gasteiger partial charge is 0.274 e. The number of aromatic nitrogens is 2. The minimum Gasteiger partial charge on any atom is -0.497 e. The molecule has 3 heterocycles. The Morgan fingerprint density at radius 2 is 1.48 bits per heavy atom. The fraction of sp³-hybridized carbons (Fsp3) is 0.500. The normalized spacial score (nSPS) is 17.8.